The predicted octanol–water partition coefficient (Wildman–Crippen LogP) is 3.63. The molecule has 20 heavy (non-hydrogen) atoms. The minimum absolute atomic E-state index is 0.259. The van der Waals surface area contributed by atoms with Crippen molar-refractivity contribution >= 4 is 22.6 Å². The quantitative estimate of drug-likeness (QED) is 0.696. The van der Waals surface area contributed by atoms with E-state index in [4.69, 9.17) is 11.6 Å². The number of halogens is 2. The zero-order chi connectivity index (χ0) is 14.3. The first kappa shape index (κ1) is 12.9. The van der Waals surface area contributed by atoms with Crippen LogP contribution in [0.5, 0.6) is 0 Å². The summed E-state index contributed by atoms with van der Waals surface area (Å²) < 4.78 is 13.4. The summed E-state index contributed by atoms with van der Waals surface area (Å²) in [6, 6.07) is 9.97. The van der Waals surface area contributed by atoms with Gasteiger partial charge in [-0.1, -0.05) is 12.1 Å². The molecule has 0 fully saturated rings. The van der Waals surface area contributed by atoms with E-state index < -0.39 is 5.38 Å². The standard InChI is InChI=1S/C15H12ClFN2O/c1-8-2-4-10(17)7-11(8)14(16)9-3-5-12-13(6-9)19-15(20)18-12/h2-7,14H,1H3,(H2,18,19,20). The number of alkyl halides is 1. The molecular formula is C15H12ClFN2O. The molecule has 0 aliphatic carbocycles. The molecule has 0 saturated heterocycles. The van der Waals surface area contributed by atoms with E-state index in [1.807, 2.05) is 13.0 Å². The summed E-state index contributed by atoms with van der Waals surface area (Å²) in [5.74, 6) is -0.313. The highest BCUT2D eigenvalue weighted by Gasteiger charge is 2.15. The predicted molar refractivity (Wildman–Crippen MR) is 77.8 cm³/mol. The molecule has 0 aliphatic heterocycles. The van der Waals surface area contributed by atoms with Crippen molar-refractivity contribution in [2.24, 2.45) is 0 Å². The van der Waals surface area contributed by atoms with E-state index in [2.05, 4.69) is 9.97 Å². The van der Waals surface area contributed by atoms with Crippen LogP contribution in [-0.2, 0) is 0 Å². The van der Waals surface area contributed by atoms with Gasteiger partial charge in [0, 0.05) is 0 Å². The van der Waals surface area contributed by atoms with Crippen molar-refractivity contribution in [1.29, 1.82) is 0 Å². The fourth-order valence-corrected chi connectivity index (χ4v) is 2.64. The van der Waals surface area contributed by atoms with Crippen molar-refractivity contribution in [3.05, 3.63) is 69.4 Å². The summed E-state index contributed by atoms with van der Waals surface area (Å²) >= 11 is 6.45. The lowest BCUT2D eigenvalue weighted by atomic mass is 9.99. The summed E-state index contributed by atoms with van der Waals surface area (Å²) in [6.07, 6.45) is 0. The summed E-state index contributed by atoms with van der Waals surface area (Å²) in [6.45, 7) is 1.89. The molecule has 2 aromatic carbocycles. The molecule has 1 atom stereocenters. The molecule has 0 radical (unpaired) electrons. The van der Waals surface area contributed by atoms with Gasteiger partial charge in [-0.2, -0.15) is 0 Å². The van der Waals surface area contributed by atoms with Crippen molar-refractivity contribution in [2.75, 3.05) is 0 Å². The molecule has 5 heteroatoms. The number of hydrogen-bond donors (Lipinski definition) is 2. The van der Waals surface area contributed by atoms with Gasteiger partial charge in [-0.05, 0) is 47.9 Å². The second kappa shape index (κ2) is 4.80. The Labute approximate surface area is 119 Å². The molecule has 3 rings (SSSR count). The number of aryl methyl sites for hydroxylation is 1. The van der Waals surface area contributed by atoms with Gasteiger partial charge in [0.05, 0.1) is 16.4 Å². The lowest BCUT2D eigenvalue weighted by Gasteiger charge is -2.13. The van der Waals surface area contributed by atoms with Crippen LogP contribution in [-0.4, -0.2) is 9.97 Å². The van der Waals surface area contributed by atoms with Crippen LogP contribution in [0.3, 0.4) is 0 Å². The molecule has 0 saturated carbocycles. The first-order valence-electron chi connectivity index (χ1n) is 6.16. The molecule has 2 N–H and O–H groups in total. The number of hydrogen-bond acceptors (Lipinski definition) is 1. The number of benzene rings is 2. The van der Waals surface area contributed by atoms with Gasteiger partial charge in [-0.25, -0.2) is 9.18 Å². The Kier molecular flexibility index (Phi) is 3.10. The monoisotopic (exact) mass is 290 g/mol. The molecular weight excluding hydrogens is 279 g/mol. The van der Waals surface area contributed by atoms with Gasteiger partial charge in [0.15, 0.2) is 0 Å². The van der Waals surface area contributed by atoms with Crippen LogP contribution in [0.25, 0.3) is 11.0 Å². The van der Waals surface area contributed by atoms with E-state index in [-0.39, 0.29) is 11.5 Å². The summed E-state index contributed by atoms with van der Waals surface area (Å²) in [5.41, 5.74) is 3.61. The molecule has 0 amide bonds. The van der Waals surface area contributed by atoms with Gasteiger partial charge in [0.1, 0.15) is 5.82 Å². The minimum atomic E-state index is -0.464. The van der Waals surface area contributed by atoms with Crippen LogP contribution in [0.4, 0.5) is 4.39 Å². The smallest absolute Gasteiger partial charge is 0.306 e. The maximum atomic E-state index is 13.4. The lowest BCUT2D eigenvalue weighted by Crippen LogP contribution is -1.99. The number of H-pyrrole nitrogens is 2. The highest BCUT2D eigenvalue weighted by Crippen LogP contribution is 2.32. The van der Waals surface area contributed by atoms with Crippen molar-refractivity contribution in [2.45, 2.75) is 12.3 Å². The molecule has 1 heterocycles. The van der Waals surface area contributed by atoms with Crippen molar-refractivity contribution < 1.29 is 4.39 Å². The molecule has 0 bridgehead atoms. The van der Waals surface area contributed by atoms with Crippen molar-refractivity contribution in [3.8, 4) is 0 Å². The van der Waals surface area contributed by atoms with Gasteiger partial charge in [0.25, 0.3) is 0 Å². The molecule has 0 spiro atoms. The number of aromatic amines is 2. The highest BCUT2D eigenvalue weighted by atomic mass is 35.5. The third-order valence-corrected chi connectivity index (χ3v) is 3.83. The van der Waals surface area contributed by atoms with Gasteiger partial charge in [-0.3, -0.25) is 0 Å². The Morgan fingerprint density at radius 1 is 1.10 bits per heavy atom. The van der Waals surface area contributed by atoms with Crippen LogP contribution in [0.1, 0.15) is 22.1 Å². The molecule has 1 aromatic heterocycles. The summed E-state index contributed by atoms with van der Waals surface area (Å²) in [4.78, 5) is 16.6. The van der Waals surface area contributed by atoms with Crippen LogP contribution >= 0.6 is 11.6 Å². The van der Waals surface area contributed by atoms with Crippen LogP contribution in [0, 0.1) is 12.7 Å². The average molecular weight is 291 g/mol. The molecule has 3 nitrogen and oxygen atoms in total. The average Bonchev–Trinajstić information content (AvgIpc) is 2.79. The molecule has 0 aliphatic rings. The zero-order valence-corrected chi connectivity index (χ0v) is 11.5. The Morgan fingerprint density at radius 3 is 2.65 bits per heavy atom. The topological polar surface area (TPSA) is 48.6 Å². The molecule has 1 unspecified atom stereocenters. The highest BCUT2D eigenvalue weighted by molar-refractivity contribution is 6.22. The second-order valence-corrected chi connectivity index (χ2v) is 5.18. The van der Waals surface area contributed by atoms with E-state index in [0.717, 1.165) is 22.2 Å². The molecule has 3 aromatic rings. The normalized spacial score (nSPS) is 12.8. The largest absolute Gasteiger partial charge is 0.323 e. The van der Waals surface area contributed by atoms with E-state index in [0.29, 0.717) is 5.52 Å². The number of nitrogens with one attached hydrogen (secondary N) is 2. The van der Waals surface area contributed by atoms with E-state index in [1.165, 1.54) is 12.1 Å². The van der Waals surface area contributed by atoms with Crippen LogP contribution < -0.4 is 5.69 Å². The summed E-state index contributed by atoms with van der Waals surface area (Å²) in [7, 11) is 0. The molecule has 102 valence electrons. The SMILES string of the molecule is Cc1ccc(F)cc1C(Cl)c1ccc2[nH]c(=O)[nH]c2c1. The number of fused-ring (bicyclic) bond motifs is 1. The fourth-order valence-electron chi connectivity index (χ4n) is 2.27. The maximum absolute atomic E-state index is 13.4. The number of imidazole rings is 1. The maximum Gasteiger partial charge on any atom is 0.323 e. The van der Waals surface area contributed by atoms with Crippen LogP contribution in [0.15, 0.2) is 41.2 Å². The van der Waals surface area contributed by atoms with Crippen molar-refractivity contribution in [1.82, 2.24) is 9.97 Å². The van der Waals surface area contributed by atoms with Gasteiger partial charge >= 0.3 is 5.69 Å². The number of aromatic nitrogens is 2. The third-order valence-electron chi connectivity index (χ3n) is 3.35. The van der Waals surface area contributed by atoms with E-state index in [1.54, 1.807) is 18.2 Å². The Morgan fingerprint density at radius 2 is 1.85 bits per heavy atom. The first-order chi connectivity index (χ1) is 9.54. The van der Waals surface area contributed by atoms with E-state index >= 15 is 0 Å². The first-order valence-corrected chi connectivity index (χ1v) is 6.60. The Hall–Kier alpha value is -2.07. The van der Waals surface area contributed by atoms with Crippen molar-refractivity contribution in [3.63, 3.8) is 0 Å². The third kappa shape index (κ3) is 2.23. The Balaban J connectivity index is 2.09. The van der Waals surface area contributed by atoms with Gasteiger partial charge in [-0.15, -0.1) is 11.6 Å². The van der Waals surface area contributed by atoms with Crippen LogP contribution in [0.2, 0.25) is 0 Å². The minimum Gasteiger partial charge on any atom is -0.306 e. The lowest BCUT2D eigenvalue weighted by molar-refractivity contribution is 0.625. The Bertz CT molecular complexity index is 837. The van der Waals surface area contributed by atoms with E-state index in [9.17, 15) is 9.18 Å². The fraction of sp³-hybridized carbons (Fsp3) is 0.133. The van der Waals surface area contributed by atoms with Gasteiger partial charge < -0.3 is 9.97 Å². The van der Waals surface area contributed by atoms with Gasteiger partial charge in [0.2, 0.25) is 0 Å². The summed E-state index contributed by atoms with van der Waals surface area (Å²) in [5, 5.41) is -0.464. The zero-order valence-electron chi connectivity index (χ0n) is 10.7. The number of rotatable bonds is 2. The second-order valence-electron chi connectivity index (χ2n) is 4.75.